The minimum atomic E-state index is -0.211. The first-order chi connectivity index (χ1) is 12.6. The number of nitrogens with zero attached hydrogens (tertiary/aromatic N) is 1. The van der Waals surface area contributed by atoms with Crippen LogP contribution in [-0.2, 0) is 16.1 Å². The fraction of sp³-hybridized carbons (Fsp3) is 0.429. The number of unbranched alkanes of at least 4 members (excludes halogenated alkanes) is 3. The molecule has 1 atom stereocenters. The molecule has 1 aliphatic rings. The summed E-state index contributed by atoms with van der Waals surface area (Å²) < 4.78 is 11.6. The van der Waals surface area contributed by atoms with E-state index in [0.717, 1.165) is 42.4 Å². The van der Waals surface area contributed by atoms with Crippen molar-refractivity contribution in [2.24, 2.45) is 0 Å². The molecule has 4 nitrogen and oxygen atoms in total. The summed E-state index contributed by atoms with van der Waals surface area (Å²) in [7, 11) is 0. The van der Waals surface area contributed by atoms with Gasteiger partial charge in [0.2, 0.25) is 0 Å². The lowest BCUT2D eigenvalue weighted by Gasteiger charge is -2.13. The smallest absolute Gasteiger partial charge is 0.311 e. The van der Waals surface area contributed by atoms with Crippen molar-refractivity contribution in [1.82, 2.24) is 4.98 Å². The molecular formula is C21H24ClNO3. The third-order valence-electron chi connectivity index (χ3n) is 4.65. The number of aryl methyl sites for hydroxylation is 1. The van der Waals surface area contributed by atoms with E-state index in [-0.39, 0.29) is 12.1 Å². The molecule has 26 heavy (non-hydrogen) atoms. The van der Waals surface area contributed by atoms with Crippen LogP contribution >= 0.6 is 11.6 Å². The number of halogens is 1. The molecule has 0 saturated carbocycles. The standard InChI is InChI=1S/C21H24ClNO3/c1-3-4-5-6-7-19(24)26-20-14(2)23-12-17-18(20)13-25-21(17)15-8-10-16(22)11-9-15/h8-12,21H,3-7,13H2,1-2H3/t21-/m0/s1. The molecule has 138 valence electrons. The summed E-state index contributed by atoms with van der Waals surface area (Å²) in [5.74, 6) is 0.355. The Morgan fingerprint density at radius 3 is 2.77 bits per heavy atom. The van der Waals surface area contributed by atoms with Gasteiger partial charge in [0, 0.05) is 28.8 Å². The van der Waals surface area contributed by atoms with Crippen molar-refractivity contribution in [2.75, 3.05) is 0 Å². The number of carbonyl (C=O) groups excluding carboxylic acids is 1. The highest BCUT2D eigenvalue weighted by Crippen LogP contribution is 2.41. The second kappa shape index (κ2) is 8.65. The summed E-state index contributed by atoms with van der Waals surface area (Å²) in [5.41, 5.74) is 3.59. The number of aromatic nitrogens is 1. The van der Waals surface area contributed by atoms with Crippen molar-refractivity contribution in [3.05, 3.63) is 57.9 Å². The van der Waals surface area contributed by atoms with Gasteiger partial charge in [-0.25, -0.2) is 0 Å². The highest BCUT2D eigenvalue weighted by molar-refractivity contribution is 6.30. The van der Waals surface area contributed by atoms with Crippen LogP contribution < -0.4 is 4.74 Å². The number of rotatable bonds is 7. The second-order valence-corrected chi connectivity index (χ2v) is 7.07. The molecule has 1 aromatic heterocycles. The molecule has 0 spiro atoms. The van der Waals surface area contributed by atoms with E-state index < -0.39 is 0 Å². The monoisotopic (exact) mass is 373 g/mol. The zero-order valence-corrected chi connectivity index (χ0v) is 16.0. The predicted molar refractivity (Wildman–Crippen MR) is 101 cm³/mol. The Kier molecular flexibility index (Phi) is 6.28. The number of pyridine rings is 1. The van der Waals surface area contributed by atoms with Crippen molar-refractivity contribution in [2.45, 2.75) is 58.7 Å². The maximum absolute atomic E-state index is 12.2. The highest BCUT2D eigenvalue weighted by Gasteiger charge is 2.30. The molecule has 0 amide bonds. The van der Waals surface area contributed by atoms with Crippen LogP contribution in [0.4, 0.5) is 0 Å². The lowest BCUT2D eigenvalue weighted by atomic mass is 10.0. The zero-order valence-electron chi connectivity index (χ0n) is 15.3. The maximum atomic E-state index is 12.2. The normalized spacial score (nSPS) is 15.7. The van der Waals surface area contributed by atoms with Gasteiger partial charge in [0.15, 0.2) is 5.75 Å². The van der Waals surface area contributed by atoms with Crippen LogP contribution in [0.1, 0.15) is 67.5 Å². The molecule has 0 N–H and O–H groups in total. The van der Waals surface area contributed by atoms with Gasteiger partial charge in [-0.2, -0.15) is 0 Å². The van der Waals surface area contributed by atoms with Gasteiger partial charge in [0.25, 0.3) is 0 Å². The lowest BCUT2D eigenvalue weighted by molar-refractivity contribution is -0.134. The molecule has 5 heteroatoms. The van der Waals surface area contributed by atoms with Gasteiger partial charge < -0.3 is 9.47 Å². The zero-order chi connectivity index (χ0) is 18.5. The molecular weight excluding hydrogens is 350 g/mol. The largest absolute Gasteiger partial charge is 0.424 e. The van der Waals surface area contributed by atoms with Gasteiger partial charge in [-0.15, -0.1) is 0 Å². The first-order valence-electron chi connectivity index (χ1n) is 9.16. The predicted octanol–water partition coefficient (Wildman–Crippen LogP) is 5.54. The Bertz CT molecular complexity index is 774. The molecule has 2 aromatic rings. The fourth-order valence-corrected chi connectivity index (χ4v) is 3.32. The van der Waals surface area contributed by atoms with Crippen LogP contribution in [0.3, 0.4) is 0 Å². The first-order valence-corrected chi connectivity index (χ1v) is 9.54. The average Bonchev–Trinajstić information content (AvgIpc) is 3.06. The SMILES string of the molecule is CCCCCCC(=O)Oc1c(C)ncc2c1CO[C@H]2c1ccc(Cl)cc1. The van der Waals surface area contributed by atoms with Gasteiger partial charge >= 0.3 is 5.97 Å². The Morgan fingerprint density at radius 1 is 1.27 bits per heavy atom. The number of hydrogen-bond acceptors (Lipinski definition) is 4. The number of fused-ring (bicyclic) bond motifs is 1. The fourth-order valence-electron chi connectivity index (χ4n) is 3.19. The molecule has 0 saturated heterocycles. The number of esters is 1. The van der Waals surface area contributed by atoms with E-state index >= 15 is 0 Å². The number of ether oxygens (including phenoxy) is 2. The third kappa shape index (κ3) is 4.25. The van der Waals surface area contributed by atoms with Gasteiger partial charge in [-0.1, -0.05) is 49.9 Å². The van der Waals surface area contributed by atoms with Crippen molar-refractivity contribution in [3.8, 4) is 5.75 Å². The second-order valence-electron chi connectivity index (χ2n) is 6.63. The summed E-state index contributed by atoms with van der Waals surface area (Å²) in [6.45, 7) is 4.41. The molecule has 1 aliphatic heterocycles. The lowest BCUT2D eigenvalue weighted by Crippen LogP contribution is -2.11. The van der Waals surface area contributed by atoms with E-state index in [0.29, 0.717) is 29.5 Å². The molecule has 0 radical (unpaired) electrons. The molecule has 0 bridgehead atoms. The topological polar surface area (TPSA) is 48.4 Å². The van der Waals surface area contributed by atoms with E-state index in [9.17, 15) is 4.79 Å². The van der Waals surface area contributed by atoms with E-state index in [2.05, 4.69) is 11.9 Å². The van der Waals surface area contributed by atoms with Crippen molar-refractivity contribution in [3.63, 3.8) is 0 Å². The summed E-state index contributed by atoms with van der Waals surface area (Å²) in [4.78, 5) is 16.6. The average molecular weight is 374 g/mol. The highest BCUT2D eigenvalue weighted by atomic mass is 35.5. The van der Waals surface area contributed by atoms with E-state index in [4.69, 9.17) is 21.1 Å². The summed E-state index contributed by atoms with van der Waals surface area (Å²) in [5, 5.41) is 0.687. The molecule has 0 aliphatic carbocycles. The van der Waals surface area contributed by atoms with Gasteiger partial charge in [0.05, 0.1) is 12.3 Å². The number of benzene rings is 1. The molecule has 0 fully saturated rings. The van der Waals surface area contributed by atoms with Crippen LogP contribution in [0.25, 0.3) is 0 Å². The maximum Gasteiger partial charge on any atom is 0.311 e. The quantitative estimate of drug-likeness (QED) is 0.472. The Labute approximate surface area is 159 Å². The van der Waals surface area contributed by atoms with Crippen LogP contribution in [0, 0.1) is 6.92 Å². The van der Waals surface area contributed by atoms with Crippen molar-refractivity contribution < 1.29 is 14.3 Å². The Hall–Kier alpha value is -1.91. The Balaban J connectivity index is 1.77. The minimum Gasteiger partial charge on any atom is -0.424 e. The Morgan fingerprint density at radius 2 is 2.04 bits per heavy atom. The van der Waals surface area contributed by atoms with Gasteiger partial charge in [-0.05, 0) is 31.0 Å². The van der Waals surface area contributed by atoms with Crippen molar-refractivity contribution >= 4 is 17.6 Å². The first kappa shape index (κ1) is 18.9. The summed E-state index contributed by atoms with van der Waals surface area (Å²) >= 11 is 5.97. The summed E-state index contributed by atoms with van der Waals surface area (Å²) in [6, 6.07) is 7.58. The van der Waals surface area contributed by atoms with E-state index in [1.165, 1.54) is 0 Å². The van der Waals surface area contributed by atoms with Gasteiger partial charge in [0.1, 0.15) is 6.10 Å². The van der Waals surface area contributed by atoms with Crippen molar-refractivity contribution in [1.29, 1.82) is 0 Å². The number of hydrogen-bond donors (Lipinski definition) is 0. The minimum absolute atomic E-state index is 0.200. The molecule has 3 rings (SSSR count). The molecule has 1 aromatic carbocycles. The van der Waals surface area contributed by atoms with E-state index in [1.54, 1.807) is 0 Å². The van der Waals surface area contributed by atoms with Crippen LogP contribution in [0.2, 0.25) is 5.02 Å². The number of carbonyl (C=O) groups is 1. The van der Waals surface area contributed by atoms with E-state index in [1.807, 2.05) is 37.4 Å². The van der Waals surface area contributed by atoms with Crippen LogP contribution in [0.5, 0.6) is 5.75 Å². The van der Waals surface area contributed by atoms with Crippen LogP contribution in [-0.4, -0.2) is 11.0 Å². The summed E-state index contributed by atoms with van der Waals surface area (Å²) in [6.07, 6.45) is 6.24. The van der Waals surface area contributed by atoms with Crippen LogP contribution in [0.15, 0.2) is 30.5 Å². The molecule has 0 unspecified atom stereocenters. The molecule has 2 heterocycles. The van der Waals surface area contributed by atoms with Gasteiger partial charge in [-0.3, -0.25) is 9.78 Å². The third-order valence-corrected chi connectivity index (χ3v) is 4.90.